The van der Waals surface area contributed by atoms with Crippen LogP contribution in [0.4, 0.5) is 9.59 Å². The molecule has 1 aliphatic rings. The highest BCUT2D eigenvalue weighted by atomic mass is 16.2. The maximum Gasteiger partial charge on any atom is 0.333 e. The third-order valence-corrected chi connectivity index (χ3v) is 1.53. The van der Waals surface area contributed by atoms with Gasteiger partial charge in [-0.1, -0.05) is 6.58 Å². The summed E-state index contributed by atoms with van der Waals surface area (Å²) in [7, 11) is 2.95. The van der Waals surface area contributed by atoms with E-state index < -0.39 is 6.03 Å². The molecule has 0 atom stereocenters. The van der Waals surface area contributed by atoms with Gasteiger partial charge in [0.05, 0.1) is 0 Å². The molecular weight excluding hydrogens is 146 g/mol. The monoisotopic (exact) mass is 155 g/mol. The van der Waals surface area contributed by atoms with E-state index in [0.29, 0.717) is 5.82 Å². The Kier molecular flexibility index (Phi) is 1.56. The van der Waals surface area contributed by atoms with Crippen LogP contribution in [0.5, 0.6) is 0 Å². The van der Waals surface area contributed by atoms with E-state index >= 15 is 0 Å². The predicted molar refractivity (Wildman–Crippen MR) is 38.6 cm³/mol. The van der Waals surface area contributed by atoms with Gasteiger partial charge in [-0.3, -0.25) is 10.2 Å². The van der Waals surface area contributed by atoms with Crippen molar-refractivity contribution in [1.82, 2.24) is 15.1 Å². The molecule has 11 heavy (non-hydrogen) atoms. The van der Waals surface area contributed by atoms with Crippen LogP contribution in [0.1, 0.15) is 0 Å². The maximum absolute atomic E-state index is 11.1. The van der Waals surface area contributed by atoms with Crippen molar-refractivity contribution < 1.29 is 9.59 Å². The van der Waals surface area contributed by atoms with Crippen LogP contribution < -0.4 is 5.32 Å². The maximum atomic E-state index is 11.1. The van der Waals surface area contributed by atoms with Gasteiger partial charge in [0.2, 0.25) is 0 Å². The van der Waals surface area contributed by atoms with E-state index in [9.17, 15) is 9.59 Å². The highest BCUT2D eigenvalue weighted by Gasteiger charge is 2.28. The zero-order chi connectivity index (χ0) is 8.59. The van der Waals surface area contributed by atoms with Crippen LogP contribution in [0, 0.1) is 0 Å². The van der Waals surface area contributed by atoms with Gasteiger partial charge in [-0.15, -0.1) is 0 Å². The lowest BCUT2D eigenvalue weighted by Crippen LogP contribution is -2.54. The van der Waals surface area contributed by atoms with Crippen LogP contribution in [0.2, 0.25) is 0 Å². The van der Waals surface area contributed by atoms with Crippen molar-refractivity contribution in [2.75, 3.05) is 14.1 Å². The van der Waals surface area contributed by atoms with Crippen LogP contribution in [0.3, 0.4) is 0 Å². The third-order valence-electron chi connectivity index (χ3n) is 1.53. The van der Waals surface area contributed by atoms with Gasteiger partial charge in [0, 0.05) is 14.1 Å². The van der Waals surface area contributed by atoms with Gasteiger partial charge in [-0.2, -0.15) is 0 Å². The van der Waals surface area contributed by atoms with E-state index in [1.165, 1.54) is 11.9 Å². The molecule has 1 aliphatic heterocycles. The van der Waals surface area contributed by atoms with Crippen LogP contribution in [0.25, 0.3) is 0 Å². The summed E-state index contributed by atoms with van der Waals surface area (Å²) >= 11 is 0. The Labute approximate surface area is 64.3 Å². The van der Waals surface area contributed by atoms with Gasteiger partial charge in [0.1, 0.15) is 5.82 Å². The fraction of sp³-hybridized carbons (Fsp3) is 0.333. The Hall–Kier alpha value is -1.52. The number of imide groups is 1. The largest absolute Gasteiger partial charge is 0.333 e. The minimum absolute atomic E-state index is 0.304. The van der Waals surface area contributed by atoms with Crippen molar-refractivity contribution in [3.05, 3.63) is 12.4 Å². The van der Waals surface area contributed by atoms with Gasteiger partial charge < -0.3 is 0 Å². The number of carbonyl (C=O) groups excluding carboxylic acids is 2. The number of amides is 4. The molecule has 0 bridgehead atoms. The van der Waals surface area contributed by atoms with Crippen molar-refractivity contribution in [1.29, 1.82) is 0 Å². The summed E-state index contributed by atoms with van der Waals surface area (Å²) < 4.78 is 0. The van der Waals surface area contributed by atoms with Crippen molar-refractivity contribution in [2.45, 2.75) is 0 Å². The molecule has 0 saturated carbocycles. The molecule has 1 rings (SSSR count). The van der Waals surface area contributed by atoms with Gasteiger partial charge in [0.15, 0.2) is 0 Å². The molecular formula is C6H9N3O2. The van der Waals surface area contributed by atoms with Crippen LogP contribution in [0.15, 0.2) is 12.4 Å². The molecule has 0 aromatic carbocycles. The second-order valence-corrected chi connectivity index (χ2v) is 2.28. The van der Waals surface area contributed by atoms with Gasteiger partial charge in [0.25, 0.3) is 0 Å². The van der Waals surface area contributed by atoms with Gasteiger partial charge in [-0.25, -0.2) is 14.5 Å². The number of nitrogens with zero attached hydrogens (tertiary/aromatic N) is 2. The normalized spacial score (nSPS) is 18.9. The highest BCUT2D eigenvalue weighted by Crippen LogP contribution is 2.06. The third kappa shape index (κ3) is 1.04. The zero-order valence-corrected chi connectivity index (χ0v) is 6.42. The van der Waals surface area contributed by atoms with Gasteiger partial charge in [-0.05, 0) is 0 Å². The Morgan fingerprint density at radius 1 is 1.27 bits per heavy atom. The van der Waals surface area contributed by atoms with E-state index in [0.717, 1.165) is 4.90 Å². The molecule has 0 aromatic rings. The second-order valence-electron chi connectivity index (χ2n) is 2.28. The van der Waals surface area contributed by atoms with Crippen LogP contribution >= 0.6 is 0 Å². The topological polar surface area (TPSA) is 52.7 Å². The minimum Gasteiger partial charge on any atom is -0.294 e. The lowest BCUT2D eigenvalue weighted by molar-refractivity contribution is 0.164. The molecule has 5 heteroatoms. The van der Waals surface area contributed by atoms with Crippen LogP contribution in [-0.2, 0) is 0 Å². The van der Waals surface area contributed by atoms with Crippen molar-refractivity contribution in [3.8, 4) is 0 Å². The molecule has 0 radical (unpaired) electrons. The second kappa shape index (κ2) is 2.26. The zero-order valence-electron chi connectivity index (χ0n) is 6.42. The van der Waals surface area contributed by atoms with Crippen molar-refractivity contribution >= 4 is 12.1 Å². The SMILES string of the molecule is C=C1NC(=O)N(C)C(=O)N1C. The fourth-order valence-electron chi connectivity index (χ4n) is 0.718. The average Bonchev–Trinajstić information content (AvgIpc) is 1.97. The van der Waals surface area contributed by atoms with Gasteiger partial charge >= 0.3 is 12.1 Å². The average molecular weight is 155 g/mol. The number of rotatable bonds is 0. The lowest BCUT2D eigenvalue weighted by Gasteiger charge is -2.30. The molecule has 0 spiro atoms. The first-order chi connectivity index (χ1) is 5.04. The van der Waals surface area contributed by atoms with Crippen molar-refractivity contribution in [3.63, 3.8) is 0 Å². The molecule has 1 N–H and O–H groups in total. The summed E-state index contributed by atoms with van der Waals surface area (Å²) in [6.45, 7) is 3.48. The Bertz CT molecular complexity index is 214. The molecule has 5 nitrogen and oxygen atoms in total. The summed E-state index contributed by atoms with van der Waals surface area (Å²) in [4.78, 5) is 24.2. The highest BCUT2D eigenvalue weighted by molar-refractivity contribution is 5.97. The number of hydrogen-bond donors (Lipinski definition) is 1. The van der Waals surface area contributed by atoms with Crippen LogP contribution in [-0.4, -0.2) is 36.0 Å². The van der Waals surface area contributed by atoms with E-state index in [-0.39, 0.29) is 6.03 Å². The summed E-state index contributed by atoms with van der Waals surface area (Å²) in [5, 5.41) is 2.41. The van der Waals surface area contributed by atoms with E-state index in [4.69, 9.17) is 0 Å². The lowest BCUT2D eigenvalue weighted by atomic mass is 10.5. The number of carbonyl (C=O) groups is 2. The smallest absolute Gasteiger partial charge is 0.294 e. The summed E-state index contributed by atoms with van der Waals surface area (Å²) in [6.07, 6.45) is 0. The Morgan fingerprint density at radius 2 is 1.82 bits per heavy atom. The minimum atomic E-state index is -0.446. The summed E-state index contributed by atoms with van der Waals surface area (Å²) in [5.74, 6) is 0.304. The molecule has 60 valence electrons. The first-order valence-corrected chi connectivity index (χ1v) is 3.05. The standard InChI is InChI=1S/C6H9N3O2/c1-4-7-5(10)9(3)6(11)8(4)2/h1H2,2-3H3,(H,7,10). The summed E-state index contributed by atoms with van der Waals surface area (Å²) in [6, 6.07) is -0.822. The first-order valence-electron chi connectivity index (χ1n) is 3.05. The molecule has 0 unspecified atom stereocenters. The van der Waals surface area contributed by atoms with E-state index in [1.54, 1.807) is 7.05 Å². The Morgan fingerprint density at radius 3 is 2.36 bits per heavy atom. The molecule has 1 heterocycles. The predicted octanol–water partition coefficient (Wildman–Crippen LogP) is 0.164. The summed E-state index contributed by atoms with van der Waals surface area (Å²) in [5.41, 5.74) is 0. The molecule has 1 saturated heterocycles. The van der Waals surface area contributed by atoms with E-state index in [1.807, 2.05) is 0 Å². The number of hydrogen-bond acceptors (Lipinski definition) is 2. The molecule has 4 amide bonds. The fourth-order valence-corrected chi connectivity index (χ4v) is 0.718. The quantitative estimate of drug-likeness (QED) is 0.542. The first kappa shape index (κ1) is 7.59. The molecule has 0 aliphatic carbocycles. The molecule has 1 fully saturated rings. The van der Waals surface area contributed by atoms with Crippen molar-refractivity contribution in [2.24, 2.45) is 0 Å². The Balaban J connectivity index is 2.87. The van der Waals surface area contributed by atoms with E-state index in [2.05, 4.69) is 11.9 Å². The molecule has 0 aromatic heterocycles. The number of urea groups is 2. The number of nitrogens with one attached hydrogen (secondary N) is 1.